The van der Waals surface area contributed by atoms with Crippen molar-refractivity contribution in [2.75, 3.05) is 13.6 Å². The third-order valence-corrected chi connectivity index (χ3v) is 6.01. The lowest BCUT2D eigenvalue weighted by Crippen LogP contribution is -2.41. The predicted molar refractivity (Wildman–Crippen MR) is 99.3 cm³/mol. The van der Waals surface area contributed by atoms with E-state index in [2.05, 4.69) is 18.1 Å². The second-order valence-electron chi connectivity index (χ2n) is 7.65. The maximum absolute atomic E-state index is 13.2. The number of fused-ring (bicyclic) bond motifs is 2. The molecule has 4 rings (SSSR count). The van der Waals surface area contributed by atoms with Crippen LogP contribution in [0.3, 0.4) is 0 Å². The van der Waals surface area contributed by atoms with E-state index in [1.54, 1.807) is 19.2 Å². The summed E-state index contributed by atoms with van der Waals surface area (Å²) in [6.45, 7) is 2.25. The molecule has 6 heteroatoms. The molecule has 0 saturated heterocycles. The van der Waals surface area contributed by atoms with Gasteiger partial charge < -0.3 is 4.90 Å². The van der Waals surface area contributed by atoms with Crippen LogP contribution in [0.25, 0.3) is 11.8 Å². The Morgan fingerprint density at radius 1 is 1.44 bits per heavy atom. The van der Waals surface area contributed by atoms with E-state index in [0.29, 0.717) is 0 Å². The zero-order chi connectivity index (χ0) is 19.2. The summed E-state index contributed by atoms with van der Waals surface area (Å²) >= 11 is 0. The van der Waals surface area contributed by atoms with Gasteiger partial charge in [0, 0.05) is 18.4 Å². The van der Waals surface area contributed by atoms with Crippen LogP contribution in [0.2, 0.25) is 0 Å². The highest BCUT2D eigenvalue weighted by atomic mass is 19.1. The molecule has 1 fully saturated rings. The maximum atomic E-state index is 13.2. The van der Waals surface area contributed by atoms with Gasteiger partial charge in [-0.15, -0.1) is 0 Å². The Kier molecular flexibility index (Phi) is 4.11. The van der Waals surface area contributed by atoms with E-state index < -0.39 is 0 Å². The van der Waals surface area contributed by atoms with E-state index in [4.69, 9.17) is 5.26 Å². The summed E-state index contributed by atoms with van der Waals surface area (Å²) in [7, 11) is 1.69. The lowest BCUT2D eigenvalue weighted by Gasteiger charge is -2.36. The number of hydrogen-bond acceptors (Lipinski definition) is 3. The molecule has 0 N–H and O–H groups in total. The van der Waals surface area contributed by atoms with Gasteiger partial charge >= 0.3 is 0 Å². The number of benzene rings is 1. The van der Waals surface area contributed by atoms with E-state index in [9.17, 15) is 9.18 Å². The molecule has 138 valence electrons. The number of nitrogens with zero attached hydrogens (tertiary/aromatic N) is 4. The largest absolute Gasteiger partial charge is 0.332 e. The molecule has 1 aromatic carbocycles. The minimum atomic E-state index is -0.274. The first-order valence-electron chi connectivity index (χ1n) is 9.10. The van der Waals surface area contributed by atoms with Gasteiger partial charge in [0.1, 0.15) is 12.4 Å². The summed E-state index contributed by atoms with van der Waals surface area (Å²) in [4.78, 5) is 14.4. The van der Waals surface area contributed by atoms with Gasteiger partial charge in [-0.1, -0.05) is 12.5 Å². The fourth-order valence-electron chi connectivity index (χ4n) is 4.48. The average molecular weight is 364 g/mol. The number of aromatic nitrogens is 2. The zero-order valence-electron chi connectivity index (χ0n) is 15.4. The first kappa shape index (κ1) is 17.5. The Labute approximate surface area is 157 Å². The number of carbonyl (C=O) groups is 1. The summed E-state index contributed by atoms with van der Waals surface area (Å²) < 4.78 is 15.1. The van der Waals surface area contributed by atoms with Crippen LogP contribution < -0.4 is 0 Å². The molecule has 0 aliphatic heterocycles. The molecule has 2 atom stereocenters. The molecule has 1 heterocycles. The van der Waals surface area contributed by atoms with Gasteiger partial charge in [0.2, 0.25) is 5.91 Å². The van der Waals surface area contributed by atoms with Crippen molar-refractivity contribution < 1.29 is 9.18 Å². The van der Waals surface area contributed by atoms with Gasteiger partial charge in [-0.3, -0.25) is 4.79 Å². The molecule has 2 aliphatic rings. The van der Waals surface area contributed by atoms with Crippen molar-refractivity contribution in [1.82, 2.24) is 14.7 Å². The predicted octanol–water partition coefficient (Wildman–Crippen LogP) is 3.35. The molecule has 0 unspecified atom stereocenters. The van der Waals surface area contributed by atoms with Crippen molar-refractivity contribution >= 4 is 12.0 Å². The number of allylic oxidation sites excluding steroid dienone is 1. The van der Waals surface area contributed by atoms with Crippen LogP contribution in [0.1, 0.15) is 31.0 Å². The van der Waals surface area contributed by atoms with Crippen molar-refractivity contribution in [3.8, 4) is 11.8 Å². The molecular weight excluding hydrogens is 343 g/mol. The lowest BCUT2D eigenvalue weighted by molar-refractivity contribution is -0.136. The molecular formula is C21H21FN4O. The molecule has 1 aromatic heterocycles. The highest BCUT2D eigenvalue weighted by Crippen LogP contribution is 2.53. The van der Waals surface area contributed by atoms with Crippen molar-refractivity contribution in [2.24, 2.45) is 11.3 Å². The molecule has 0 bridgehead atoms. The van der Waals surface area contributed by atoms with Crippen molar-refractivity contribution in [3.63, 3.8) is 0 Å². The third kappa shape index (κ3) is 2.74. The number of hydrogen-bond donors (Lipinski definition) is 0. The molecule has 5 nitrogen and oxygen atoms in total. The van der Waals surface area contributed by atoms with Crippen molar-refractivity contribution in [1.29, 1.82) is 5.26 Å². The Bertz CT molecular complexity index is 969. The van der Waals surface area contributed by atoms with E-state index >= 15 is 0 Å². The van der Waals surface area contributed by atoms with Gasteiger partial charge in [0.15, 0.2) is 0 Å². The average Bonchev–Trinajstić information content (AvgIpc) is 3.19. The Morgan fingerprint density at radius 3 is 2.89 bits per heavy atom. The van der Waals surface area contributed by atoms with E-state index in [1.807, 2.05) is 16.9 Å². The topological polar surface area (TPSA) is 61.9 Å². The highest BCUT2D eigenvalue weighted by Gasteiger charge is 2.49. The Morgan fingerprint density at radius 2 is 2.19 bits per heavy atom. The van der Waals surface area contributed by atoms with Crippen LogP contribution in [-0.2, 0) is 11.2 Å². The van der Waals surface area contributed by atoms with Crippen molar-refractivity contribution in [3.05, 3.63) is 53.1 Å². The first-order chi connectivity index (χ1) is 12.9. The van der Waals surface area contributed by atoms with Crippen LogP contribution in [0.5, 0.6) is 0 Å². The summed E-state index contributed by atoms with van der Waals surface area (Å²) in [5.74, 6) is -0.356. The number of halogens is 1. The van der Waals surface area contributed by atoms with Gasteiger partial charge in [-0.2, -0.15) is 10.4 Å². The third-order valence-electron chi connectivity index (χ3n) is 6.01. The zero-order valence-corrected chi connectivity index (χ0v) is 15.4. The fourth-order valence-corrected chi connectivity index (χ4v) is 4.48. The van der Waals surface area contributed by atoms with Crippen LogP contribution in [0.15, 0.2) is 36.0 Å². The fraction of sp³-hybridized carbons (Fsp3) is 0.381. The van der Waals surface area contributed by atoms with Gasteiger partial charge in [0.25, 0.3) is 0 Å². The number of amides is 1. The Balaban J connectivity index is 1.68. The lowest BCUT2D eigenvalue weighted by atomic mass is 9.69. The molecule has 2 aliphatic carbocycles. The molecule has 27 heavy (non-hydrogen) atoms. The smallest absolute Gasteiger partial charge is 0.227 e. The summed E-state index contributed by atoms with van der Waals surface area (Å²) in [6.07, 6.45) is 6.39. The van der Waals surface area contributed by atoms with Crippen LogP contribution in [0, 0.1) is 28.5 Å². The number of carbonyl (C=O) groups excluding carboxylic acids is 1. The van der Waals surface area contributed by atoms with Gasteiger partial charge in [0.05, 0.1) is 23.6 Å². The molecule has 0 spiro atoms. The Hall–Kier alpha value is -2.94. The van der Waals surface area contributed by atoms with E-state index in [0.717, 1.165) is 36.2 Å². The minimum absolute atomic E-state index is 0.0387. The minimum Gasteiger partial charge on any atom is -0.332 e. The van der Waals surface area contributed by atoms with Crippen LogP contribution in [-0.4, -0.2) is 34.2 Å². The van der Waals surface area contributed by atoms with Crippen molar-refractivity contribution in [2.45, 2.75) is 26.2 Å². The summed E-state index contributed by atoms with van der Waals surface area (Å²) in [5, 5.41) is 13.4. The van der Waals surface area contributed by atoms with Gasteiger partial charge in [-0.05, 0) is 55.2 Å². The number of rotatable bonds is 3. The quantitative estimate of drug-likeness (QED) is 0.785. The van der Waals surface area contributed by atoms with E-state index in [1.165, 1.54) is 22.6 Å². The summed E-state index contributed by atoms with van der Waals surface area (Å²) in [6, 6.07) is 8.34. The second kappa shape index (κ2) is 6.34. The molecule has 1 amide bonds. The summed E-state index contributed by atoms with van der Waals surface area (Å²) in [5.41, 5.74) is 3.92. The molecule has 1 saturated carbocycles. The van der Waals surface area contributed by atoms with Gasteiger partial charge in [-0.25, -0.2) is 9.07 Å². The number of nitriles is 1. The van der Waals surface area contributed by atoms with Crippen LogP contribution >= 0.6 is 0 Å². The molecule has 0 radical (unpaired) electrons. The highest BCUT2D eigenvalue weighted by molar-refractivity contribution is 5.82. The normalized spacial score (nSPS) is 23.2. The monoisotopic (exact) mass is 364 g/mol. The second-order valence-corrected chi connectivity index (χ2v) is 7.65. The molecule has 2 aromatic rings. The standard InChI is InChI=1S/C21H21FN4O/c1-21-12-14-13-24-26(17-6-4-16(22)5-7-17)19(14)11-15(21)3-8-18(21)20(27)25(2)10-9-23/h4-7,11,13,18H,3,8,10,12H2,1-2H3/t18-,21+/m1/s1. The first-order valence-corrected chi connectivity index (χ1v) is 9.10. The van der Waals surface area contributed by atoms with Crippen LogP contribution in [0.4, 0.5) is 4.39 Å². The maximum Gasteiger partial charge on any atom is 0.227 e. The van der Waals surface area contributed by atoms with E-state index in [-0.39, 0.29) is 29.6 Å². The SMILES string of the molecule is CN(CC#N)C(=O)[C@H]1CCC2=Cc3c(cnn3-c3ccc(F)cc3)C[C@@]21C.